The third kappa shape index (κ3) is 8.08. The Kier molecular flexibility index (Phi) is 12.8. The van der Waals surface area contributed by atoms with Gasteiger partial charge in [0.15, 0.2) is 11.2 Å². The van der Waals surface area contributed by atoms with Crippen molar-refractivity contribution < 1.29 is 25.2 Å². The van der Waals surface area contributed by atoms with Crippen LogP contribution < -0.4 is 0 Å². The van der Waals surface area contributed by atoms with Gasteiger partial charge in [0.25, 0.3) is 0 Å². The predicted octanol–water partition coefficient (Wildman–Crippen LogP) is 9.40. The fraction of sp³-hybridized carbons (Fsp3) is 0.214. The number of ketones is 1. The summed E-state index contributed by atoms with van der Waals surface area (Å²) < 4.78 is 0. The number of rotatable bonds is 4. The molecule has 1 saturated carbocycles. The van der Waals surface area contributed by atoms with Gasteiger partial charge in [0.2, 0.25) is 11.2 Å². The van der Waals surface area contributed by atoms with E-state index in [1.807, 2.05) is 6.92 Å². The molecular weight excluding hydrogens is 797 g/mol. The van der Waals surface area contributed by atoms with E-state index >= 15 is 0 Å². The van der Waals surface area contributed by atoms with E-state index in [9.17, 15) is 25.2 Å². The molecule has 0 aromatic heterocycles. The molecule has 3 atom stereocenters. The molecule has 2 aliphatic carbocycles. The summed E-state index contributed by atoms with van der Waals surface area (Å²) in [6, 6.07) is 29.8. The highest BCUT2D eigenvalue weighted by atomic mass is 35.5. The molecule has 11 heteroatoms. The zero-order valence-corrected chi connectivity index (χ0v) is 32.6. The Morgan fingerprint density at radius 2 is 0.925 bits per heavy atom. The summed E-state index contributed by atoms with van der Waals surface area (Å²) in [6.07, 6.45) is 3.08. The first-order valence-corrected chi connectivity index (χ1v) is 18.6. The minimum Gasteiger partial charge on any atom is -0.369 e. The van der Waals surface area contributed by atoms with Gasteiger partial charge in [0.1, 0.15) is 5.78 Å². The van der Waals surface area contributed by atoms with Crippen LogP contribution in [-0.2, 0) is 16.0 Å². The van der Waals surface area contributed by atoms with Crippen molar-refractivity contribution in [2.24, 2.45) is 5.92 Å². The molecule has 0 spiro atoms. The monoisotopic (exact) mass is 826 g/mol. The van der Waals surface area contributed by atoms with Crippen LogP contribution in [0.5, 0.6) is 0 Å². The highest BCUT2D eigenvalue weighted by molar-refractivity contribution is 6.48. The fourth-order valence-corrected chi connectivity index (χ4v) is 7.61. The number of carbonyl (C=O) groups excluding carboxylic acids is 1. The van der Waals surface area contributed by atoms with Crippen molar-refractivity contribution in [3.8, 4) is 23.7 Å². The molecule has 0 radical (unpaired) electrons. The number of hydrogen-bond donors (Lipinski definition) is 4. The molecule has 53 heavy (non-hydrogen) atoms. The molecule has 272 valence electrons. The van der Waals surface area contributed by atoms with E-state index in [2.05, 4.69) is 23.7 Å². The topological polar surface area (TPSA) is 98.0 Å². The molecule has 0 aliphatic heterocycles. The summed E-state index contributed by atoms with van der Waals surface area (Å²) in [5.41, 5.74) is -8.21. The van der Waals surface area contributed by atoms with Crippen molar-refractivity contribution in [3.63, 3.8) is 0 Å². The molecule has 4 aromatic carbocycles. The largest absolute Gasteiger partial charge is 0.369 e. The van der Waals surface area contributed by atoms with Gasteiger partial charge in [-0.2, -0.15) is 0 Å². The van der Waals surface area contributed by atoms with Gasteiger partial charge in [0.05, 0.1) is 20.1 Å². The Bertz CT molecular complexity index is 2030. The van der Waals surface area contributed by atoms with Crippen LogP contribution in [0, 0.1) is 29.6 Å². The number of benzene rings is 4. The van der Waals surface area contributed by atoms with Gasteiger partial charge in [-0.05, 0) is 25.0 Å². The molecule has 1 fully saturated rings. The van der Waals surface area contributed by atoms with Gasteiger partial charge >= 0.3 is 0 Å². The molecule has 0 heterocycles. The first-order valence-electron chi connectivity index (χ1n) is 16.3. The smallest absolute Gasteiger partial charge is 0.200 e. The number of Topliss-reactive ketones (excluding diaryl/α,β-unsaturated/α-hetero) is 1. The maximum absolute atomic E-state index is 11.9. The highest BCUT2D eigenvalue weighted by Crippen LogP contribution is 2.50. The SMILES string of the molecule is CC1CCCC1=O.OC1(C#C[C@@](O)(c2ccccc2)c2ccccc2Cl)C(Cl)=C(Cl)C(O)(C#C[C@@](O)(c2ccccc2)c2ccccc2Cl)C(Cl)=C1Cl. The molecule has 0 bridgehead atoms. The van der Waals surface area contributed by atoms with Crippen molar-refractivity contribution in [2.45, 2.75) is 48.6 Å². The van der Waals surface area contributed by atoms with E-state index in [1.165, 1.54) is 0 Å². The van der Waals surface area contributed by atoms with Gasteiger partial charge in [-0.3, -0.25) is 4.79 Å². The van der Waals surface area contributed by atoms with Crippen LogP contribution in [0.1, 0.15) is 48.4 Å². The Hall–Kier alpha value is -3.27. The minimum atomic E-state index is -2.59. The lowest BCUT2D eigenvalue weighted by molar-refractivity contribution is -0.120. The van der Waals surface area contributed by atoms with Crippen LogP contribution in [0.4, 0.5) is 0 Å². The van der Waals surface area contributed by atoms with Crippen LogP contribution in [-0.4, -0.2) is 37.4 Å². The summed E-state index contributed by atoms with van der Waals surface area (Å²) in [5, 5.41) is 45.2. The lowest BCUT2D eigenvalue weighted by Gasteiger charge is -2.35. The molecule has 4 N–H and O–H groups in total. The zero-order valence-electron chi connectivity index (χ0n) is 28.1. The maximum Gasteiger partial charge on any atom is 0.200 e. The number of hydrogen-bond acceptors (Lipinski definition) is 5. The minimum absolute atomic E-state index is 0.201. The second-order valence-electron chi connectivity index (χ2n) is 12.5. The molecular formula is C42H32Cl6O5. The van der Waals surface area contributed by atoms with Crippen LogP contribution in [0.25, 0.3) is 0 Å². The average Bonchev–Trinajstić information content (AvgIpc) is 3.56. The van der Waals surface area contributed by atoms with E-state index in [0.717, 1.165) is 19.3 Å². The Labute approximate surface area is 338 Å². The summed E-state index contributed by atoms with van der Waals surface area (Å²) in [5.74, 6) is 11.2. The Morgan fingerprint density at radius 1 is 0.585 bits per heavy atom. The fourth-order valence-electron chi connectivity index (χ4n) is 5.86. The molecule has 0 amide bonds. The zero-order chi connectivity index (χ0) is 38.6. The van der Waals surface area contributed by atoms with Crippen LogP contribution in [0.3, 0.4) is 0 Å². The molecule has 1 unspecified atom stereocenters. The van der Waals surface area contributed by atoms with Gasteiger partial charge in [-0.15, -0.1) is 0 Å². The van der Waals surface area contributed by atoms with Crippen molar-refractivity contribution in [3.05, 3.63) is 162 Å². The molecule has 6 rings (SSSR count). The van der Waals surface area contributed by atoms with E-state index in [0.29, 0.717) is 22.8 Å². The van der Waals surface area contributed by atoms with E-state index < -0.39 is 42.5 Å². The Morgan fingerprint density at radius 3 is 1.21 bits per heavy atom. The van der Waals surface area contributed by atoms with Crippen molar-refractivity contribution in [1.29, 1.82) is 0 Å². The summed E-state index contributed by atoms with van der Waals surface area (Å²) in [6.45, 7) is 2.01. The van der Waals surface area contributed by atoms with Crippen molar-refractivity contribution in [2.75, 3.05) is 0 Å². The van der Waals surface area contributed by atoms with E-state index in [1.54, 1.807) is 109 Å². The van der Waals surface area contributed by atoms with Crippen LogP contribution in [0.15, 0.2) is 129 Å². The normalized spacial score (nSPS) is 23.4. The quantitative estimate of drug-likeness (QED) is 0.154. The molecule has 4 aromatic rings. The third-order valence-corrected chi connectivity index (χ3v) is 11.7. The molecule has 5 nitrogen and oxygen atoms in total. The second kappa shape index (κ2) is 16.6. The number of halogens is 6. The van der Waals surface area contributed by atoms with Crippen molar-refractivity contribution >= 4 is 75.4 Å². The summed E-state index contributed by atoms with van der Waals surface area (Å²) in [7, 11) is 0. The van der Waals surface area contributed by atoms with Crippen LogP contribution in [0.2, 0.25) is 10.0 Å². The first kappa shape index (κ1) is 40.9. The number of aliphatic hydroxyl groups is 4. The third-order valence-electron chi connectivity index (χ3n) is 9.02. The lowest BCUT2D eigenvalue weighted by atomic mass is 9.83. The lowest BCUT2D eigenvalue weighted by Crippen LogP contribution is -2.42. The maximum atomic E-state index is 11.9. The van der Waals surface area contributed by atoms with E-state index in [-0.39, 0.29) is 21.2 Å². The van der Waals surface area contributed by atoms with Crippen molar-refractivity contribution in [1.82, 2.24) is 0 Å². The van der Waals surface area contributed by atoms with Crippen LogP contribution >= 0.6 is 69.6 Å². The standard InChI is InChI=1S/C36H22Cl6O4.C6H10O/c37-27-17-9-7-15-25(27)33(43,23-11-3-1-4-12-23)19-21-35(45)29(39)31(41)36(46,32(42)30(35)40)22-20-34(44,24-13-5-2-6-14-24)26-16-8-10-18-28(26)38;1-5-3-2-4-6(5)7/h1-18,43-46H;5H,2-4H2,1H3/t33-,34-,35?,36?;/m1./s1. The van der Waals surface area contributed by atoms with Gasteiger partial charge in [0, 0.05) is 44.6 Å². The Balaban J connectivity index is 0.000000693. The second-order valence-corrected chi connectivity index (χ2v) is 14.9. The summed E-state index contributed by atoms with van der Waals surface area (Å²) in [4.78, 5) is 10.6. The van der Waals surface area contributed by atoms with Gasteiger partial charge < -0.3 is 20.4 Å². The van der Waals surface area contributed by atoms with E-state index in [4.69, 9.17) is 69.6 Å². The molecule has 2 aliphatic rings. The average molecular weight is 829 g/mol. The predicted molar refractivity (Wildman–Crippen MR) is 213 cm³/mol. The summed E-state index contributed by atoms with van der Waals surface area (Å²) >= 11 is 39.2. The highest BCUT2D eigenvalue weighted by Gasteiger charge is 2.51. The first-order chi connectivity index (χ1) is 25.1. The van der Waals surface area contributed by atoms with Gasteiger partial charge in [-0.1, -0.05) is 197 Å². The van der Waals surface area contributed by atoms with Gasteiger partial charge in [-0.25, -0.2) is 0 Å². The number of carbonyl (C=O) groups is 1. The molecule has 0 saturated heterocycles.